The van der Waals surface area contributed by atoms with Crippen molar-refractivity contribution in [2.75, 3.05) is 26.3 Å². The van der Waals surface area contributed by atoms with E-state index in [1.807, 2.05) is 0 Å². The molecule has 1 amide bonds. The Morgan fingerprint density at radius 2 is 2.00 bits per heavy atom. The van der Waals surface area contributed by atoms with Gasteiger partial charge in [-0.25, -0.2) is 0 Å². The third-order valence-electron chi connectivity index (χ3n) is 3.02. The molecular formula is C10H20N2O5. The number of aliphatic hydroxyl groups is 4. The molecule has 0 spiro atoms. The lowest BCUT2D eigenvalue weighted by Gasteiger charge is -2.44. The van der Waals surface area contributed by atoms with Crippen LogP contribution in [-0.4, -0.2) is 81.8 Å². The molecule has 0 unspecified atom stereocenters. The molecule has 5 N–H and O–H groups in total. The topological polar surface area (TPSA) is 113 Å². The van der Waals surface area contributed by atoms with Crippen molar-refractivity contribution in [2.45, 2.75) is 31.2 Å². The molecule has 100 valence electrons. The summed E-state index contributed by atoms with van der Waals surface area (Å²) in [7, 11) is 0. The van der Waals surface area contributed by atoms with E-state index in [-0.39, 0.29) is 32.2 Å². The molecule has 7 heteroatoms. The first-order valence-corrected chi connectivity index (χ1v) is 5.60. The molecule has 0 aromatic carbocycles. The van der Waals surface area contributed by atoms with Crippen LogP contribution in [0.3, 0.4) is 0 Å². The van der Waals surface area contributed by atoms with E-state index in [2.05, 4.69) is 5.32 Å². The molecule has 17 heavy (non-hydrogen) atoms. The standard InChI is InChI=1S/C10H20N2O5/c1-6(15)11-7-4-12(2-3-13)8(5-14)10(17)9(7)16/h7-10,13-14,16-17H,2-5H2,1H3,(H,11,15)/t7-,8+,9+,10-/m0/s1. The molecular weight excluding hydrogens is 228 g/mol. The van der Waals surface area contributed by atoms with Gasteiger partial charge in [0, 0.05) is 20.0 Å². The van der Waals surface area contributed by atoms with Gasteiger partial charge in [0.05, 0.1) is 31.4 Å². The van der Waals surface area contributed by atoms with E-state index in [1.165, 1.54) is 6.92 Å². The fourth-order valence-electron chi connectivity index (χ4n) is 2.18. The summed E-state index contributed by atoms with van der Waals surface area (Å²) in [4.78, 5) is 12.6. The zero-order valence-corrected chi connectivity index (χ0v) is 9.78. The van der Waals surface area contributed by atoms with Crippen LogP contribution >= 0.6 is 0 Å². The number of hydrogen-bond acceptors (Lipinski definition) is 6. The highest BCUT2D eigenvalue weighted by atomic mass is 16.3. The van der Waals surface area contributed by atoms with Gasteiger partial charge in [-0.1, -0.05) is 0 Å². The van der Waals surface area contributed by atoms with Crippen molar-refractivity contribution < 1.29 is 25.2 Å². The van der Waals surface area contributed by atoms with Gasteiger partial charge in [-0.3, -0.25) is 9.69 Å². The van der Waals surface area contributed by atoms with Gasteiger partial charge in [-0.2, -0.15) is 0 Å². The Balaban J connectivity index is 2.74. The maximum Gasteiger partial charge on any atom is 0.217 e. The number of carbonyl (C=O) groups is 1. The number of piperidine rings is 1. The van der Waals surface area contributed by atoms with Crippen LogP contribution in [-0.2, 0) is 4.79 Å². The van der Waals surface area contributed by atoms with Gasteiger partial charge in [-0.05, 0) is 0 Å². The number of aliphatic hydroxyl groups excluding tert-OH is 4. The molecule has 1 rings (SSSR count). The van der Waals surface area contributed by atoms with Gasteiger partial charge in [0.1, 0.15) is 6.10 Å². The highest BCUT2D eigenvalue weighted by Gasteiger charge is 2.41. The van der Waals surface area contributed by atoms with E-state index in [4.69, 9.17) is 10.2 Å². The smallest absolute Gasteiger partial charge is 0.217 e. The van der Waals surface area contributed by atoms with Crippen molar-refractivity contribution in [3.8, 4) is 0 Å². The average molecular weight is 248 g/mol. The molecule has 1 aliphatic rings. The van der Waals surface area contributed by atoms with Crippen LogP contribution in [0.15, 0.2) is 0 Å². The number of β-amino-alcohol motifs (C(OH)–C–C–N with tert-alkyl or cyclic N) is 1. The number of nitrogens with one attached hydrogen (secondary N) is 1. The van der Waals surface area contributed by atoms with Crippen molar-refractivity contribution in [2.24, 2.45) is 0 Å². The Morgan fingerprint density at radius 1 is 1.35 bits per heavy atom. The van der Waals surface area contributed by atoms with E-state index in [0.29, 0.717) is 0 Å². The Labute approximate surface area is 99.7 Å². The van der Waals surface area contributed by atoms with Gasteiger partial charge in [0.15, 0.2) is 0 Å². The molecule has 0 radical (unpaired) electrons. The third kappa shape index (κ3) is 3.36. The third-order valence-corrected chi connectivity index (χ3v) is 3.02. The van der Waals surface area contributed by atoms with Crippen molar-refractivity contribution in [3.05, 3.63) is 0 Å². The van der Waals surface area contributed by atoms with E-state index >= 15 is 0 Å². The van der Waals surface area contributed by atoms with Crippen molar-refractivity contribution in [1.29, 1.82) is 0 Å². The van der Waals surface area contributed by atoms with Crippen molar-refractivity contribution >= 4 is 5.91 Å². The Hall–Kier alpha value is -0.730. The first-order valence-electron chi connectivity index (χ1n) is 5.60. The van der Waals surface area contributed by atoms with Crippen LogP contribution < -0.4 is 5.32 Å². The minimum atomic E-state index is -1.16. The molecule has 1 saturated heterocycles. The summed E-state index contributed by atoms with van der Waals surface area (Å²) in [6.07, 6.45) is -2.27. The van der Waals surface area contributed by atoms with Crippen LogP contribution in [0.4, 0.5) is 0 Å². The van der Waals surface area contributed by atoms with Gasteiger partial charge >= 0.3 is 0 Å². The van der Waals surface area contributed by atoms with Crippen LogP contribution in [0.2, 0.25) is 0 Å². The lowest BCUT2D eigenvalue weighted by Crippen LogP contribution is -2.66. The SMILES string of the molecule is CC(=O)N[C@H]1CN(CCO)[C@H](CO)[C@H](O)[C@@H]1O. The van der Waals surface area contributed by atoms with Gasteiger partial charge < -0.3 is 25.7 Å². The minimum Gasteiger partial charge on any atom is -0.395 e. The summed E-state index contributed by atoms with van der Waals surface area (Å²) in [5.74, 6) is -0.298. The monoisotopic (exact) mass is 248 g/mol. The normalized spacial score (nSPS) is 34.6. The van der Waals surface area contributed by atoms with E-state index in [0.717, 1.165) is 0 Å². The minimum absolute atomic E-state index is 0.119. The number of likely N-dealkylation sites (tertiary alicyclic amines) is 1. The largest absolute Gasteiger partial charge is 0.395 e. The van der Waals surface area contributed by atoms with Gasteiger partial charge in [0.25, 0.3) is 0 Å². The Kier molecular flexibility index (Phi) is 5.29. The molecule has 0 aromatic heterocycles. The summed E-state index contributed by atoms with van der Waals surface area (Å²) >= 11 is 0. The summed E-state index contributed by atoms with van der Waals surface area (Å²) < 4.78 is 0. The van der Waals surface area contributed by atoms with Crippen LogP contribution in [0, 0.1) is 0 Å². The number of amides is 1. The number of hydrogen-bond donors (Lipinski definition) is 5. The van der Waals surface area contributed by atoms with Crippen LogP contribution in [0.25, 0.3) is 0 Å². The molecule has 1 heterocycles. The van der Waals surface area contributed by atoms with E-state index in [9.17, 15) is 15.0 Å². The summed E-state index contributed by atoms with van der Waals surface area (Å²) in [6, 6.07) is -1.22. The Morgan fingerprint density at radius 3 is 2.47 bits per heavy atom. The number of nitrogens with zero attached hydrogens (tertiary/aromatic N) is 1. The highest BCUT2D eigenvalue weighted by molar-refractivity contribution is 5.73. The maximum atomic E-state index is 11.0. The molecule has 0 aliphatic carbocycles. The molecule has 1 aliphatic heterocycles. The predicted octanol–water partition coefficient (Wildman–Crippen LogP) is -3.12. The zero-order chi connectivity index (χ0) is 13.0. The van der Waals surface area contributed by atoms with E-state index in [1.54, 1.807) is 4.90 Å². The van der Waals surface area contributed by atoms with Crippen molar-refractivity contribution in [1.82, 2.24) is 10.2 Å². The second kappa shape index (κ2) is 6.27. The molecule has 0 bridgehead atoms. The van der Waals surface area contributed by atoms with Gasteiger partial charge in [-0.15, -0.1) is 0 Å². The molecule has 4 atom stereocenters. The number of carbonyl (C=O) groups excluding carboxylic acids is 1. The highest BCUT2D eigenvalue weighted by Crippen LogP contribution is 2.18. The van der Waals surface area contributed by atoms with Crippen molar-refractivity contribution in [3.63, 3.8) is 0 Å². The van der Waals surface area contributed by atoms with Gasteiger partial charge in [0.2, 0.25) is 5.91 Å². The lowest BCUT2D eigenvalue weighted by molar-refractivity contribution is -0.129. The maximum absolute atomic E-state index is 11.0. The summed E-state index contributed by atoms with van der Waals surface area (Å²) in [6.45, 7) is 1.44. The molecule has 0 saturated carbocycles. The second-order valence-corrected chi connectivity index (χ2v) is 4.26. The fraction of sp³-hybridized carbons (Fsp3) is 0.900. The average Bonchev–Trinajstić information content (AvgIpc) is 2.26. The first-order chi connectivity index (χ1) is 8.01. The number of rotatable bonds is 4. The molecule has 0 aromatic rings. The quantitative estimate of drug-likeness (QED) is 0.360. The van der Waals surface area contributed by atoms with E-state index < -0.39 is 24.3 Å². The molecule has 1 fully saturated rings. The predicted molar refractivity (Wildman–Crippen MR) is 59.2 cm³/mol. The summed E-state index contributed by atoms with van der Waals surface area (Å²) in [5, 5.41) is 40.2. The van der Waals surface area contributed by atoms with Crippen LogP contribution in [0.5, 0.6) is 0 Å². The first kappa shape index (κ1) is 14.3. The molecule has 7 nitrogen and oxygen atoms in total. The zero-order valence-electron chi connectivity index (χ0n) is 9.78. The second-order valence-electron chi connectivity index (χ2n) is 4.26. The summed E-state index contributed by atoms with van der Waals surface area (Å²) in [5.41, 5.74) is 0. The fourth-order valence-corrected chi connectivity index (χ4v) is 2.18. The Bertz CT molecular complexity index is 263. The van der Waals surface area contributed by atoms with Crippen LogP contribution in [0.1, 0.15) is 6.92 Å². The lowest BCUT2D eigenvalue weighted by atomic mass is 9.92.